The topological polar surface area (TPSA) is 81.1 Å². The van der Waals surface area contributed by atoms with Crippen molar-refractivity contribution in [3.63, 3.8) is 0 Å². The molecule has 0 aliphatic carbocycles. The largest absolute Gasteiger partial charge is 0.268 e. The van der Waals surface area contributed by atoms with E-state index in [0.29, 0.717) is 22.4 Å². The number of benzene rings is 3. The average Bonchev–Trinajstić information content (AvgIpc) is 3.14. The van der Waals surface area contributed by atoms with E-state index in [-0.39, 0.29) is 10.8 Å². The van der Waals surface area contributed by atoms with Crippen LogP contribution in [0.4, 0.5) is 0 Å². The second-order valence-electron chi connectivity index (χ2n) is 7.12. The minimum absolute atomic E-state index is 0.164. The van der Waals surface area contributed by atoms with Crippen LogP contribution in [-0.2, 0) is 10.0 Å². The van der Waals surface area contributed by atoms with E-state index in [9.17, 15) is 13.2 Å². The van der Waals surface area contributed by atoms with Crippen LogP contribution in [-0.4, -0.2) is 23.9 Å². The summed E-state index contributed by atoms with van der Waals surface area (Å²) in [7, 11) is -3.78. The fourth-order valence-corrected chi connectivity index (χ4v) is 4.53. The number of rotatable bonds is 5. The molecule has 6 nitrogen and oxygen atoms in total. The number of sulfonamides is 1. The second-order valence-corrected chi connectivity index (χ2v) is 8.84. The zero-order chi connectivity index (χ0) is 21.3. The molecule has 0 aliphatic heterocycles. The smallest absolute Gasteiger partial charge is 0.263 e. The van der Waals surface area contributed by atoms with E-state index in [0.717, 1.165) is 5.56 Å². The summed E-state index contributed by atoms with van der Waals surface area (Å²) >= 11 is 0. The van der Waals surface area contributed by atoms with Crippen molar-refractivity contribution in [1.82, 2.24) is 14.3 Å². The molecule has 0 radical (unpaired) electrons. The molecule has 0 amide bonds. The normalized spacial score (nSPS) is 12.7. The molecule has 30 heavy (non-hydrogen) atoms. The Hall–Kier alpha value is -3.29. The zero-order valence-electron chi connectivity index (χ0n) is 16.6. The third-order valence-electron chi connectivity index (χ3n) is 4.86. The summed E-state index contributed by atoms with van der Waals surface area (Å²) in [5.41, 5.74) is 2.72. The van der Waals surface area contributed by atoms with E-state index in [4.69, 9.17) is 0 Å². The van der Waals surface area contributed by atoms with Crippen LogP contribution in [0.2, 0.25) is 0 Å². The Morgan fingerprint density at radius 2 is 1.57 bits per heavy atom. The highest BCUT2D eigenvalue weighted by molar-refractivity contribution is 7.89. The van der Waals surface area contributed by atoms with Gasteiger partial charge in [0, 0.05) is 5.56 Å². The van der Waals surface area contributed by atoms with Gasteiger partial charge in [-0.05, 0) is 50.2 Å². The molecule has 0 fully saturated rings. The van der Waals surface area contributed by atoms with Crippen LogP contribution >= 0.6 is 0 Å². The van der Waals surface area contributed by atoms with Gasteiger partial charge in [-0.2, -0.15) is 0 Å². The van der Waals surface area contributed by atoms with Gasteiger partial charge in [-0.3, -0.25) is 9.36 Å². The molecule has 3 aromatic carbocycles. The van der Waals surface area contributed by atoms with E-state index in [2.05, 4.69) is 9.71 Å². The van der Waals surface area contributed by atoms with Crippen LogP contribution < -0.4 is 4.72 Å². The van der Waals surface area contributed by atoms with Gasteiger partial charge in [0.05, 0.1) is 22.0 Å². The molecular formula is C23H21N3O3S. The summed E-state index contributed by atoms with van der Waals surface area (Å²) < 4.78 is 29.9. The van der Waals surface area contributed by atoms with E-state index >= 15 is 0 Å². The Bertz CT molecular complexity index is 1310. The first kappa shape index (κ1) is 20.0. The zero-order valence-corrected chi connectivity index (χ0v) is 17.4. The maximum Gasteiger partial charge on any atom is 0.263 e. The first-order valence-corrected chi connectivity index (χ1v) is 11.0. The van der Waals surface area contributed by atoms with Gasteiger partial charge < -0.3 is 0 Å². The van der Waals surface area contributed by atoms with Gasteiger partial charge in [-0.15, -0.1) is 0 Å². The Balaban J connectivity index is 1.77. The van der Waals surface area contributed by atoms with Crippen LogP contribution in [0.3, 0.4) is 0 Å². The number of aromatic nitrogens is 2. The maximum absolute atomic E-state index is 13.3. The number of para-hydroxylation sites is 2. The van der Waals surface area contributed by atoms with Gasteiger partial charge in [0.2, 0.25) is 10.0 Å². The lowest BCUT2D eigenvalue weighted by Gasteiger charge is -2.16. The van der Waals surface area contributed by atoms with Crippen LogP contribution in [0, 0.1) is 6.92 Å². The van der Waals surface area contributed by atoms with Crippen LogP contribution in [0.15, 0.2) is 83.8 Å². The second kappa shape index (κ2) is 7.85. The highest BCUT2D eigenvalue weighted by atomic mass is 32.2. The van der Waals surface area contributed by atoms with E-state index in [1.807, 2.05) is 25.1 Å². The van der Waals surface area contributed by atoms with E-state index < -0.39 is 16.1 Å². The highest BCUT2D eigenvalue weighted by Crippen LogP contribution is 2.24. The fourth-order valence-electron chi connectivity index (χ4n) is 3.33. The number of carbonyl (C=O) groups is 1. The van der Waals surface area contributed by atoms with E-state index in [1.165, 1.54) is 4.57 Å². The first-order valence-electron chi connectivity index (χ1n) is 9.53. The summed E-state index contributed by atoms with van der Waals surface area (Å²) in [4.78, 5) is 18.0. The van der Waals surface area contributed by atoms with Gasteiger partial charge in [-0.25, -0.2) is 18.1 Å². The Labute approximate surface area is 175 Å². The Morgan fingerprint density at radius 3 is 2.27 bits per heavy atom. The van der Waals surface area contributed by atoms with Gasteiger partial charge in [-0.1, -0.05) is 48.0 Å². The van der Waals surface area contributed by atoms with Crippen molar-refractivity contribution in [2.75, 3.05) is 0 Å². The third kappa shape index (κ3) is 3.77. The quantitative estimate of drug-likeness (QED) is 0.529. The predicted molar refractivity (Wildman–Crippen MR) is 116 cm³/mol. The standard InChI is InChI=1S/C23H21N3O3S/c1-16-12-14-19(15-13-16)30(28,29)25-17(2)22-24-20-10-6-7-11-21(20)26(22)23(27)18-8-4-3-5-9-18/h3-15,17,25H,1-2H3/t17-/m1/s1. The summed E-state index contributed by atoms with van der Waals surface area (Å²) in [5.74, 6) is 0.0708. The molecule has 7 heteroatoms. The Kier molecular flexibility index (Phi) is 5.24. The minimum Gasteiger partial charge on any atom is -0.268 e. The number of aryl methyl sites for hydroxylation is 1. The number of fused-ring (bicyclic) bond motifs is 1. The van der Waals surface area contributed by atoms with Crippen molar-refractivity contribution in [2.45, 2.75) is 24.8 Å². The van der Waals surface area contributed by atoms with Crippen LogP contribution in [0.5, 0.6) is 0 Å². The molecule has 1 aromatic heterocycles. The number of nitrogens with zero attached hydrogens (tertiary/aromatic N) is 2. The van der Waals surface area contributed by atoms with Crippen molar-refractivity contribution in [2.24, 2.45) is 0 Å². The predicted octanol–water partition coefficient (Wildman–Crippen LogP) is 4.07. The molecule has 0 aliphatic rings. The molecule has 0 spiro atoms. The summed E-state index contributed by atoms with van der Waals surface area (Å²) in [6, 6.07) is 22.0. The molecule has 1 heterocycles. The molecule has 0 saturated heterocycles. The molecule has 4 aromatic rings. The summed E-state index contributed by atoms with van der Waals surface area (Å²) in [6.07, 6.45) is 0. The minimum atomic E-state index is -3.78. The van der Waals surface area contributed by atoms with Crippen molar-refractivity contribution >= 4 is 27.0 Å². The molecule has 1 atom stereocenters. The monoisotopic (exact) mass is 419 g/mol. The number of hydrogen-bond acceptors (Lipinski definition) is 4. The van der Waals surface area contributed by atoms with Gasteiger partial charge in [0.1, 0.15) is 5.82 Å². The number of nitrogens with one attached hydrogen (secondary N) is 1. The Morgan fingerprint density at radius 1 is 0.933 bits per heavy atom. The van der Waals surface area contributed by atoms with Crippen molar-refractivity contribution in [3.05, 3.63) is 95.8 Å². The summed E-state index contributed by atoms with van der Waals surface area (Å²) in [5, 5.41) is 0. The lowest BCUT2D eigenvalue weighted by atomic mass is 10.2. The van der Waals surface area contributed by atoms with Crippen molar-refractivity contribution in [1.29, 1.82) is 0 Å². The first-order chi connectivity index (χ1) is 14.4. The number of hydrogen-bond donors (Lipinski definition) is 1. The van der Waals surface area contributed by atoms with Crippen molar-refractivity contribution < 1.29 is 13.2 Å². The average molecular weight is 420 g/mol. The highest BCUT2D eigenvalue weighted by Gasteiger charge is 2.26. The molecule has 1 N–H and O–H groups in total. The lowest BCUT2D eigenvalue weighted by molar-refractivity contribution is 0.0959. The molecular weight excluding hydrogens is 398 g/mol. The van der Waals surface area contributed by atoms with Crippen LogP contribution in [0.1, 0.15) is 34.7 Å². The SMILES string of the molecule is Cc1ccc(S(=O)(=O)N[C@H](C)c2nc3ccccc3n2C(=O)c2ccccc2)cc1. The third-order valence-corrected chi connectivity index (χ3v) is 6.42. The fraction of sp³-hybridized carbons (Fsp3) is 0.130. The van der Waals surface area contributed by atoms with Gasteiger partial charge in [0.15, 0.2) is 0 Å². The van der Waals surface area contributed by atoms with Gasteiger partial charge in [0.25, 0.3) is 5.91 Å². The van der Waals surface area contributed by atoms with E-state index in [1.54, 1.807) is 67.6 Å². The van der Waals surface area contributed by atoms with Gasteiger partial charge >= 0.3 is 0 Å². The number of imidazole rings is 1. The lowest BCUT2D eigenvalue weighted by Crippen LogP contribution is -2.30. The van der Waals surface area contributed by atoms with Crippen LogP contribution in [0.25, 0.3) is 11.0 Å². The molecule has 0 saturated carbocycles. The van der Waals surface area contributed by atoms with Crippen molar-refractivity contribution in [3.8, 4) is 0 Å². The summed E-state index contributed by atoms with van der Waals surface area (Å²) in [6.45, 7) is 3.58. The molecule has 0 unspecified atom stereocenters. The molecule has 4 rings (SSSR count). The number of carbonyl (C=O) groups excluding carboxylic acids is 1. The molecule has 0 bridgehead atoms. The molecule has 152 valence electrons. The maximum atomic E-state index is 13.3.